The number of methoxy groups -OCH3 is 1. The highest BCUT2D eigenvalue weighted by Crippen LogP contribution is 2.36. The summed E-state index contributed by atoms with van der Waals surface area (Å²) in [5, 5.41) is 3.63. The van der Waals surface area contributed by atoms with Gasteiger partial charge in [0.25, 0.3) is 0 Å². The minimum Gasteiger partial charge on any atom is -0.493 e. The number of anilines is 1. The maximum atomic E-state index is 6.12. The number of para-hydroxylation sites is 1. The number of fused-ring (bicyclic) bond motifs is 1. The van der Waals surface area contributed by atoms with Gasteiger partial charge >= 0.3 is 0 Å². The van der Waals surface area contributed by atoms with Crippen LogP contribution in [0.3, 0.4) is 0 Å². The van der Waals surface area contributed by atoms with Gasteiger partial charge in [-0.25, -0.2) is 0 Å². The lowest BCUT2D eigenvalue weighted by molar-refractivity contribution is 0.283. The van der Waals surface area contributed by atoms with Gasteiger partial charge < -0.3 is 19.7 Å². The minimum absolute atomic E-state index is 0.135. The van der Waals surface area contributed by atoms with Gasteiger partial charge in [0, 0.05) is 26.3 Å². The van der Waals surface area contributed by atoms with Crippen LogP contribution >= 0.6 is 0 Å². The maximum absolute atomic E-state index is 6.12. The highest BCUT2D eigenvalue weighted by Gasteiger charge is 2.21. The molecular weight excluding hydrogens is 384 g/mol. The molecule has 1 heterocycles. The summed E-state index contributed by atoms with van der Waals surface area (Å²) in [6, 6.07) is 23.1. The van der Waals surface area contributed by atoms with Crippen LogP contribution in [0.4, 0.5) is 5.69 Å². The molecule has 4 rings (SSSR count). The molecule has 31 heavy (non-hydrogen) atoms. The van der Waals surface area contributed by atoms with E-state index in [0.29, 0.717) is 6.61 Å². The van der Waals surface area contributed by atoms with Crippen molar-refractivity contribution in [2.75, 3.05) is 32.6 Å². The molecule has 4 heteroatoms. The number of hydrogen-bond donors (Lipinski definition) is 1. The van der Waals surface area contributed by atoms with E-state index in [0.717, 1.165) is 30.0 Å². The predicted molar refractivity (Wildman–Crippen MR) is 128 cm³/mol. The van der Waals surface area contributed by atoms with Crippen LogP contribution in [0.25, 0.3) is 6.08 Å². The van der Waals surface area contributed by atoms with Crippen molar-refractivity contribution in [2.45, 2.75) is 19.1 Å². The van der Waals surface area contributed by atoms with Gasteiger partial charge in [-0.05, 0) is 46.9 Å². The first-order chi connectivity index (χ1) is 15.2. The summed E-state index contributed by atoms with van der Waals surface area (Å²) in [4.78, 5) is 2.14. The first-order valence-corrected chi connectivity index (χ1v) is 10.7. The van der Waals surface area contributed by atoms with Crippen molar-refractivity contribution < 1.29 is 9.47 Å². The lowest BCUT2D eigenvalue weighted by Crippen LogP contribution is -2.28. The third-order valence-corrected chi connectivity index (χ3v) is 5.64. The van der Waals surface area contributed by atoms with E-state index >= 15 is 0 Å². The Morgan fingerprint density at radius 2 is 1.77 bits per heavy atom. The Balaban J connectivity index is 1.58. The molecule has 1 atom stereocenters. The zero-order valence-corrected chi connectivity index (χ0v) is 18.5. The summed E-state index contributed by atoms with van der Waals surface area (Å²) in [6.45, 7) is 1.46. The third-order valence-electron chi connectivity index (χ3n) is 5.64. The molecule has 0 saturated carbocycles. The first-order valence-electron chi connectivity index (χ1n) is 10.7. The quantitative estimate of drug-likeness (QED) is 0.573. The second-order valence-corrected chi connectivity index (χ2v) is 7.97. The van der Waals surface area contributed by atoms with E-state index < -0.39 is 0 Å². The number of ether oxygens (including phenoxy) is 2. The molecule has 1 unspecified atom stereocenters. The van der Waals surface area contributed by atoms with Gasteiger partial charge in [-0.15, -0.1) is 0 Å². The Morgan fingerprint density at radius 3 is 2.55 bits per heavy atom. The SMILES string of the molecule is COc1cc2c(cc1OCc1ccccc1)CCNC2/C=C/c1ccccc1N(C)C. The molecule has 0 radical (unpaired) electrons. The molecule has 0 aliphatic carbocycles. The fourth-order valence-electron chi connectivity index (χ4n) is 4.01. The standard InChI is InChI=1S/C27H30N2O2/c1-29(2)25-12-8-7-11-21(25)13-14-24-23-18-26(30-3)27(17-22(23)15-16-28-24)31-19-20-9-5-4-6-10-20/h4-14,17-18,24,28H,15-16,19H2,1-3H3/b14-13+. The van der Waals surface area contributed by atoms with Crippen molar-refractivity contribution in [3.63, 3.8) is 0 Å². The molecule has 3 aromatic carbocycles. The van der Waals surface area contributed by atoms with Crippen molar-refractivity contribution >= 4 is 11.8 Å². The fourth-order valence-corrected chi connectivity index (χ4v) is 4.01. The van der Waals surface area contributed by atoms with E-state index in [2.05, 4.69) is 85.0 Å². The summed E-state index contributed by atoms with van der Waals surface area (Å²) < 4.78 is 11.8. The van der Waals surface area contributed by atoms with Gasteiger partial charge in [0.1, 0.15) is 6.61 Å². The van der Waals surface area contributed by atoms with Crippen molar-refractivity contribution in [1.82, 2.24) is 5.32 Å². The molecule has 3 aromatic rings. The van der Waals surface area contributed by atoms with Gasteiger partial charge in [0.05, 0.1) is 13.2 Å². The molecule has 1 N–H and O–H groups in total. The summed E-state index contributed by atoms with van der Waals surface area (Å²) in [5.74, 6) is 1.57. The lowest BCUT2D eigenvalue weighted by Gasteiger charge is -2.26. The molecule has 160 valence electrons. The van der Waals surface area contributed by atoms with Crippen LogP contribution in [0.5, 0.6) is 11.5 Å². The summed E-state index contributed by atoms with van der Waals surface area (Å²) >= 11 is 0. The molecule has 0 spiro atoms. The molecule has 1 aliphatic rings. The van der Waals surface area contributed by atoms with Gasteiger partial charge in [-0.1, -0.05) is 60.7 Å². The van der Waals surface area contributed by atoms with Gasteiger partial charge in [-0.2, -0.15) is 0 Å². The zero-order valence-electron chi connectivity index (χ0n) is 18.5. The van der Waals surface area contributed by atoms with Crippen LogP contribution in [-0.4, -0.2) is 27.7 Å². The monoisotopic (exact) mass is 414 g/mol. The highest BCUT2D eigenvalue weighted by molar-refractivity contribution is 5.68. The van der Waals surface area contributed by atoms with Crippen LogP contribution in [0.1, 0.15) is 28.3 Å². The Hall–Kier alpha value is -3.24. The summed E-state index contributed by atoms with van der Waals surface area (Å²) in [6.07, 6.45) is 5.41. The zero-order chi connectivity index (χ0) is 21.6. The normalized spacial score (nSPS) is 15.5. The topological polar surface area (TPSA) is 33.7 Å². The Kier molecular flexibility index (Phi) is 6.58. The van der Waals surface area contributed by atoms with E-state index in [9.17, 15) is 0 Å². The number of hydrogen-bond acceptors (Lipinski definition) is 4. The van der Waals surface area contributed by atoms with E-state index in [1.807, 2.05) is 18.2 Å². The highest BCUT2D eigenvalue weighted by atomic mass is 16.5. The van der Waals surface area contributed by atoms with Crippen molar-refractivity contribution in [3.05, 3.63) is 95.1 Å². The van der Waals surface area contributed by atoms with Crippen molar-refractivity contribution in [1.29, 1.82) is 0 Å². The maximum Gasteiger partial charge on any atom is 0.161 e. The van der Waals surface area contributed by atoms with Crippen LogP contribution in [0.2, 0.25) is 0 Å². The molecule has 4 nitrogen and oxygen atoms in total. The number of nitrogens with zero attached hydrogens (tertiary/aromatic N) is 1. The lowest BCUT2D eigenvalue weighted by atomic mass is 9.93. The molecule has 1 aliphatic heterocycles. The van der Waals surface area contributed by atoms with Crippen molar-refractivity contribution in [3.8, 4) is 11.5 Å². The first kappa shape index (κ1) is 21.0. The van der Waals surface area contributed by atoms with E-state index in [-0.39, 0.29) is 6.04 Å². The average molecular weight is 415 g/mol. The van der Waals surface area contributed by atoms with E-state index in [1.54, 1.807) is 7.11 Å². The smallest absolute Gasteiger partial charge is 0.161 e. The van der Waals surface area contributed by atoms with Crippen LogP contribution in [0.15, 0.2) is 72.8 Å². The molecule has 0 aromatic heterocycles. The minimum atomic E-state index is 0.135. The fraction of sp³-hybridized carbons (Fsp3) is 0.259. The second kappa shape index (κ2) is 9.71. The molecule has 0 fully saturated rings. The van der Waals surface area contributed by atoms with Crippen LogP contribution in [0, 0.1) is 0 Å². The van der Waals surface area contributed by atoms with Crippen LogP contribution in [-0.2, 0) is 13.0 Å². The summed E-state index contributed by atoms with van der Waals surface area (Å²) in [5.41, 5.74) is 6.10. The second-order valence-electron chi connectivity index (χ2n) is 7.97. The van der Waals surface area contributed by atoms with Gasteiger partial charge in [-0.3, -0.25) is 0 Å². The number of benzene rings is 3. The molecule has 0 bridgehead atoms. The summed E-state index contributed by atoms with van der Waals surface area (Å²) in [7, 11) is 5.84. The van der Waals surface area contributed by atoms with Gasteiger partial charge in [0.2, 0.25) is 0 Å². The van der Waals surface area contributed by atoms with Crippen molar-refractivity contribution in [2.24, 2.45) is 0 Å². The molecule has 0 amide bonds. The number of nitrogens with one attached hydrogen (secondary N) is 1. The van der Waals surface area contributed by atoms with E-state index in [4.69, 9.17) is 9.47 Å². The Labute approximate surface area is 185 Å². The van der Waals surface area contributed by atoms with Crippen LogP contribution < -0.4 is 19.7 Å². The Morgan fingerprint density at radius 1 is 1.00 bits per heavy atom. The predicted octanol–water partition coefficient (Wildman–Crippen LogP) is 5.24. The van der Waals surface area contributed by atoms with Gasteiger partial charge in [0.15, 0.2) is 11.5 Å². The number of rotatable bonds is 7. The molecule has 0 saturated heterocycles. The largest absolute Gasteiger partial charge is 0.493 e. The third kappa shape index (κ3) is 4.92. The Bertz CT molecular complexity index is 1040. The van der Waals surface area contributed by atoms with E-state index in [1.165, 1.54) is 22.4 Å². The average Bonchev–Trinajstić information content (AvgIpc) is 2.81. The molecular formula is C27H30N2O2.